The van der Waals surface area contributed by atoms with Crippen LogP contribution in [0.15, 0.2) is 23.8 Å². The van der Waals surface area contributed by atoms with E-state index in [1.165, 1.54) is 25.5 Å². The summed E-state index contributed by atoms with van der Waals surface area (Å²) in [5.74, 6) is 0.984. The lowest BCUT2D eigenvalue weighted by molar-refractivity contribution is -0.136. The second-order valence-electron chi connectivity index (χ2n) is 8.53. The van der Waals surface area contributed by atoms with E-state index in [1.807, 2.05) is 0 Å². The van der Waals surface area contributed by atoms with E-state index in [9.17, 15) is 4.79 Å². The number of fused-ring (bicyclic) bond motifs is 3. The van der Waals surface area contributed by atoms with Gasteiger partial charge in [-0.25, -0.2) is 4.79 Å². The second kappa shape index (κ2) is 6.33. The lowest BCUT2D eigenvalue weighted by atomic mass is 9.58. The van der Waals surface area contributed by atoms with E-state index in [0.717, 1.165) is 37.7 Å². The Bertz CT molecular complexity index is 563. The highest BCUT2D eigenvalue weighted by Gasteiger charge is 2.53. The zero-order chi connectivity index (χ0) is 17.5. The molecule has 2 fully saturated rings. The Kier molecular flexibility index (Phi) is 4.67. The summed E-state index contributed by atoms with van der Waals surface area (Å²) in [6.45, 7) is 11.4. The third-order valence-corrected chi connectivity index (χ3v) is 7.19. The SMILES string of the molecule is C=C1[C@@H]2CC[C@H](C)[C@@]1(C)CC/C(C(=O)OC)=C/CC[C@]1(C)O[C@H]1C2. The van der Waals surface area contributed by atoms with E-state index >= 15 is 0 Å². The molecular weight excluding hydrogens is 300 g/mol. The molecule has 0 spiro atoms. The molecule has 1 aliphatic heterocycles. The average Bonchev–Trinajstić information content (AvgIpc) is 3.19. The first kappa shape index (κ1) is 17.7. The van der Waals surface area contributed by atoms with Crippen LogP contribution in [-0.4, -0.2) is 24.8 Å². The summed E-state index contributed by atoms with van der Waals surface area (Å²) in [4.78, 5) is 12.2. The van der Waals surface area contributed by atoms with Gasteiger partial charge in [0.15, 0.2) is 0 Å². The van der Waals surface area contributed by atoms with Gasteiger partial charge in [-0.1, -0.05) is 32.1 Å². The third-order valence-electron chi connectivity index (χ3n) is 7.19. The van der Waals surface area contributed by atoms with Crippen LogP contribution in [0.3, 0.4) is 0 Å². The maximum atomic E-state index is 12.2. The van der Waals surface area contributed by atoms with E-state index in [4.69, 9.17) is 9.47 Å². The summed E-state index contributed by atoms with van der Waals surface area (Å²) in [6.07, 6.45) is 9.63. The second-order valence-corrected chi connectivity index (χ2v) is 8.53. The van der Waals surface area contributed by atoms with Crippen molar-refractivity contribution in [2.45, 2.75) is 77.4 Å². The van der Waals surface area contributed by atoms with Crippen molar-refractivity contribution in [1.82, 2.24) is 0 Å². The summed E-state index contributed by atoms with van der Waals surface area (Å²) < 4.78 is 11.1. The van der Waals surface area contributed by atoms with E-state index in [2.05, 4.69) is 33.4 Å². The summed E-state index contributed by atoms with van der Waals surface area (Å²) in [5, 5.41) is 0. The average molecular weight is 332 g/mol. The molecular formula is C21H32O3. The van der Waals surface area contributed by atoms with Crippen molar-refractivity contribution in [2.24, 2.45) is 17.3 Å². The zero-order valence-electron chi connectivity index (χ0n) is 15.7. The Hall–Kier alpha value is -1.09. The molecule has 3 aliphatic rings. The van der Waals surface area contributed by atoms with Gasteiger partial charge in [-0.15, -0.1) is 0 Å². The molecule has 3 heteroatoms. The number of hydrogen-bond acceptors (Lipinski definition) is 3. The van der Waals surface area contributed by atoms with E-state index in [0.29, 0.717) is 17.9 Å². The van der Waals surface area contributed by atoms with E-state index in [-0.39, 0.29) is 17.0 Å². The standard InChI is InChI=1S/C21H32O3/c1-14-8-9-17-13-18-21(4,24-18)11-6-7-16(19(22)23-5)10-12-20(14,3)15(17)2/h7,14,17-18H,2,6,8-13H2,1,3-5H3/b16-7-/t14-,17+,18-,20+,21-/m0/s1. The molecule has 1 saturated heterocycles. The molecule has 0 aromatic heterocycles. The Morgan fingerprint density at radius 2 is 2.08 bits per heavy atom. The summed E-state index contributed by atoms with van der Waals surface area (Å²) >= 11 is 0. The molecule has 2 aliphatic carbocycles. The summed E-state index contributed by atoms with van der Waals surface area (Å²) in [5.41, 5.74) is 2.28. The third kappa shape index (κ3) is 3.08. The Labute approximate surface area is 146 Å². The van der Waals surface area contributed by atoms with Gasteiger partial charge in [-0.05, 0) is 69.1 Å². The topological polar surface area (TPSA) is 38.8 Å². The maximum absolute atomic E-state index is 12.2. The van der Waals surface area contributed by atoms with Crippen LogP contribution in [0.4, 0.5) is 0 Å². The van der Waals surface area contributed by atoms with Gasteiger partial charge < -0.3 is 9.47 Å². The van der Waals surface area contributed by atoms with Crippen LogP contribution in [-0.2, 0) is 14.3 Å². The first-order chi connectivity index (χ1) is 11.3. The number of carbonyl (C=O) groups is 1. The number of ether oxygens (including phenoxy) is 2. The van der Waals surface area contributed by atoms with Gasteiger partial charge in [0, 0.05) is 5.57 Å². The largest absolute Gasteiger partial charge is 0.466 e. The fourth-order valence-corrected chi connectivity index (χ4v) is 4.81. The first-order valence-corrected chi connectivity index (χ1v) is 9.44. The molecule has 134 valence electrons. The van der Waals surface area contributed by atoms with Crippen molar-refractivity contribution >= 4 is 5.97 Å². The molecule has 24 heavy (non-hydrogen) atoms. The number of methoxy groups -OCH3 is 1. The Morgan fingerprint density at radius 1 is 1.33 bits per heavy atom. The van der Waals surface area contributed by atoms with Crippen molar-refractivity contribution in [1.29, 1.82) is 0 Å². The van der Waals surface area contributed by atoms with E-state index < -0.39 is 0 Å². The highest BCUT2D eigenvalue weighted by Crippen LogP contribution is 2.54. The minimum Gasteiger partial charge on any atom is -0.466 e. The van der Waals surface area contributed by atoms with Crippen LogP contribution in [0.1, 0.15) is 65.7 Å². The smallest absolute Gasteiger partial charge is 0.333 e. The summed E-state index contributed by atoms with van der Waals surface area (Å²) in [6, 6.07) is 0. The highest BCUT2D eigenvalue weighted by molar-refractivity contribution is 5.88. The van der Waals surface area contributed by atoms with Gasteiger partial charge in [0.05, 0.1) is 18.8 Å². The number of allylic oxidation sites excluding steroid dienone is 2. The molecule has 0 amide bonds. The van der Waals surface area contributed by atoms with Gasteiger partial charge in [0.25, 0.3) is 0 Å². The zero-order valence-corrected chi connectivity index (χ0v) is 15.7. The first-order valence-electron chi connectivity index (χ1n) is 9.44. The van der Waals surface area contributed by atoms with Crippen LogP contribution in [0.2, 0.25) is 0 Å². The molecule has 1 saturated carbocycles. The highest BCUT2D eigenvalue weighted by atomic mass is 16.6. The molecule has 0 aromatic carbocycles. The van der Waals surface area contributed by atoms with Gasteiger partial charge in [0.1, 0.15) is 0 Å². The van der Waals surface area contributed by atoms with Crippen LogP contribution in [0.5, 0.6) is 0 Å². The number of carbonyl (C=O) groups excluding carboxylic acids is 1. The monoisotopic (exact) mass is 332 g/mol. The number of hydrogen-bond donors (Lipinski definition) is 0. The molecule has 1 heterocycles. The van der Waals surface area contributed by atoms with E-state index in [1.54, 1.807) is 0 Å². The number of esters is 1. The normalized spacial score (nSPS) is 45.1. The van der Waals surface area contributed by atoms with Gasteiger partial charge in [-0.3, -0.25) is 0 Å². The molecule has 0 unspecified atom stereocenters. The molecule has 5 atom stereocenters. The van der Waals surface area contributed by atoms with Crippen LogP contribution in [0.25, 0.3) is 0 Å². The molecule has 0 N–H and O–H groups in total. The van der Waals surface area contributed by atoms with Crippen LogP contribution >= 0.6 is 0 Å². The quantitative estimate of drug-likeness (QED) is 0.393. The molecule has 0 radical (unpaired) electrons. The van der Waals surface area contributed by atoms with Crippen molar-refractivity contribution in [3.05, 3.63) is 23.8 Å². The van der Waals surface area contributed by atoms with Crippen molar-refractivity contribution < 1.29 is 14.3 Å². The number of rotatable bonds is 1. The fraction of sp³-hybridized carbons (Fsp3) is 0.762. The Morgan fingerprint density at radius 3 is 2.79 bits per heavy atom. The predicted octanol–water partition coefficient (Wildman–Crippen LogP) is 4.82. The molecule has 3 nitrogen and oxygen atoms in total. The predicted molar refractivity (Wildman–Crippen MR) is 95.6 cm³/mol. The van der Waals surface area contributed by atoms with Crippen molar-refractivity contribution in [3.63, 3.8) is 0 Å². The lowest BCUT2D eigenvalue weighted by Gasteiger charge is -2.46. The van der Waals surface area contributed by atoms with Crippen molar-refractivity contribution in [2.75, 3.05) is 7.11 Å². The minimum absolute atomic E-state index is 0.0172. The number of epoxide rings is 1. The van der Waals surface area contributed by atoms with Gasteiger partial charge in [-0.2, -0.15) is 0 Å². The molecule has 0 aromatic rings. The van der Waals surface area contributed by atoms with Gasteiger partial charge >= 0.3 is 5.97 Å². The van der Waals surface area contributed by atoms with Crippen LogP contribution in [0, 0.1) is 17.3 Å². The minimum atomic E-state index is -0.181. The fourth-order valence-electron chi connectivity index (χ4n) is 4.81. The lowest BCUT2D eigenvalue weighted by Crippen LogP contribution is -2.36. The maximum Gasteiger partial charge on any atom is 0.333 e. The Balaban J connectivity index is 1.89. The van der Waals surface area contributed by atoms with Gasteiger partial charge in [0.2, 0.25) is 0 Å². The molecule has 3 rings (SSSR count). The van der Waals surface area contributed by atoms with Crippen molar-refractivity contribution in [3.8, 4) is 0 Å². The summed E-state index contributed by atoms with van der Waals surface area (Å²) in [7, 11) is 1.47. The molecule has 2 bridgehead atoms. The van der Waals surface area contributed by atoms with Crippen LogP contribution < -0.4 is 0 Å².